The first kappa shape index (κ1) is 23.0. The first-order chi connectivity index (χ1) is 11.1. The Morgan fingerprint density at radius 2 is 1.72 bits per heavy atom. The van der Waals surface area contributed by atoms with Crippen LogP contribution in [0.5, 0.6) is 0 Å². The van der Waals surface area contributed by atoms with Gasteiger partial charge >= 0.3 is 0 Å². The molecule has 3 rings (SSSR count). The highest BCUT2D eigenvalue weighted by molar-refractivity contribution is 5.85. The zero-order chi connectivity index (χ0) is 16.3. The number of hydrogen-bond acceptors (Lipinski definition) is 4. The van der Waals surface area contributed by atoms with Crippen molar-refractivity contribution in [2.75, 3.05) is 45.9 Å². The van der Waals surface area contributed by atoms with Crippen LogP contribution in [-0.4, -0.2) is 67.2 Å². The molecular weight excluding hydrogens is 361 g/mol. The van der Waals surface area contributed by atoms with Crippen LogP contribution in [0, 0.1) is 11.8 Å². The molecule has 0 aromatic carbocycles. The van der Waals surface area contributed by atoms with Crippen LogP contribution in [0.15, 0.2) is 0 Å². The molecule has 0 radical (unpaired) electrons. The van der Waals surface area contributed by atoms with Gasteiger partial charge in [0, 0.05) is 51.5 Å². The number of nitrogens with two attached hydrogens (primary N) is 1. The third-order valence-corrected chi connectivity index (χ3v) is 6.09. The molecule has 25 heavy (non-hydrogen) atoms. The molecule has 1 saturated carbocycles. The highest BCUT2D eigenvalue weighted by Crippen LogP contribution is 2.33. The minimum absolute atomic E-state index is 0. The number of carbonyl (C=O) groups is 1. The summed E-state index contributed by atoms with van der Waals surface area (Å²) < 4.78 is 5.44. The second kappa shape index (κ2) is 10.3. The number of amides is 1. The summed E-state index contributed by atoms with van der Waals surface area (Å²) in [4.78, 5) is 17.5. The minimum Gasteiger partial charge on any atom is -0.381 e. The summed E-state index contributed by atoms with van der Waals surface area (Å²) >= 11 is 0. The zero-order valence-electron chi connectivity index (χ0n) is 15.5. The van der Waals surface area contributed by atoms with E-state index in [1.54, 1.807) is 0 Å². The van der Waals surface area contributed by atoms with Gasteiger partial charge < -0.3 is 15.4 Å². The van der Waals surface area contributed by atoms with Crippen molar-refractivity contribution in [2.24, 2.45) is 17.6 Å². The number of nitrogens with zero attached hydrogens (tertiary/aromatic N) is 2. The first-order valence-corrected chi connectivity index (χ1v) is 9.44. The van der Waals surface area contributed by atoms with Crippen LogP contribution in [0.25, 0.3) is 0 Å². The van der Waals surface area contributed by atoms with Crippen molar-refractivity contribution in [2.45, 2.75) is 51.0 Å². The summed E-state index contributed by atoms with van der Waals surface area (Å²) in [5.74, 6) is 1.11. The number of ether oxygens (including phenoxy) is 1. The van der Waals surface area contributed by atoms with Crippen LogP contribution in [-0.2, 0) is 9.53 Å². The van der Waals surface area contributed by atoms with E-state index in [1.165, 1.54) is 19.4 Å². The lowest BCUT2D eigenvalue weighted by Crippen LogP contribution is -2.57. The van der Waals surface area contributed by atoms with Crippen molar-refractivity contribution in [3.05, 3.63) is 0 Å². The van der Waals surface area contributed by atoms with Crippen molar-refractivity contribution in [1.82, 2.24) is 9.80 Å². The molecule has 5 nitrogen and oxygen atoms in total. The maximum absolute atomic E-state index is 12.9. The number of carbonyl (C=O) groups excluding carboxylic acids is 1. The molecule has 148 valence electrons. The fraction of sp³-hybridized carbons (Fsp3) is 0.944. The Kier molecular flexibility index (Phi) is 9.47. The molecular formula is C18H35Cl2N3O2. The van der Waals surface area contributed by atoms with Gasteiger partial charge in [0.05, 0.1) is 5.92 Å². The SMILES string of the molecule is CC1(N)CCCCC1C(=O)N1CCN(CC2CCOCC2)CC1.Cl.Cl. The summed E-state index contributed by atoms with van der Waals surface area (Å²) in [6.45, 7) is 8.83. The van der Waals surface area contributed by atoms with E-state index >= 15 is 0 Å². The Balaban J connectivity index is 0.00000156. The van der Waals surface area contributed by atoms with Gasteiger partial charge in [-0.15, -0.1) is 24.8 Å². The van der Waals surface area contributed by atoms with E-state index in [9.17, 15) is 4.79 Å². The average Bonchev–Trinajstić information content (AvgIpc) is 2.55. The highest BCUT2D eigenvalue weighted by atomic mass is 35.5. The summed E-state index contributed by atoms with van der Waals surface area (Å²) in [7, 11) is 0. The van der Waals surface area contributed by atoms with Crippen molar-refractivity contribution >= 4 is 30.7 Å². The van der Waals surface area contributed by atoms with E-state index in [0.717, 1.165) is 71.0 Å². The Labute approximate surface area is 164 Å². The van der Waals surface area contributed by atoms with Crippen molar-refractivity contribution in [3.63, 3.8) is 0 Å². The van der Waals surface area contributed by atoms with E-state index in [1.807, 2.05) is 0 Å². The summed E-state index contributed by atoms with van der Waals surface area (Å²) in [5, 5.41) is 0. The lowest BCUT2D eigenvalue weighted by Gasteiger charge is -2.43. The molecule has 0 spiro atoms. The van der Waals surface area contributed by atoms with Crippen LogP contribution in [0.2, 0.25) is 0 Å². The molecule has 7 heteroatoms. The van der Waals surface area contributed by atoms with Crippen LogP contribution in [0.3, 0.4) is 0 Å². The van der Waals surface area contributed by atoms with E-state index < -0.39 is 0 Å². The summed E-state index contributed by atoms with van der Waals surface area (Å²) in [6.07, 6.45) is 6.63. The topological polar surface area (TPSA) is 58.8 Å². The Morgan fingerprint density at radius 3 is 2.32 bits per heavy atom. The normalized spacial score (nSPS) is 31.8. The van der Waals surface area contributed by atoms with Gasteiger partial charge in [0.1, 0.15) is 0 Å². The molecule has 2 saturated heterocycles. The lowest BCUT2D eigenvalue weighted by molar-refractivity contribution is -0.140. The predicted octanol–water partition coefficient (Wildman–Crippen LogP) is 2.31. The Hall–Kier alpha value is -0.0700. The number of piperazine rings is 1. The number of halogens is 2. The van der Waals surface area contributed by atoms with Crippen molar-refractivity contribution in [3.8, 4) is 0 Å². The van der Waals surface area contributed by atoms with E-state index in [0.29, 0.717) is 5.91 Å². The maximum Gasteiger partial charge on any atom is 0.227 e. The molecule has 2 heterocycles. The number of rotatable bonds is 3. The van der Waals surface area contributed by atoms with Crippen LogP contribution < -0.4 is 5.73 Å². The Bertz CT molecular complexity index is 409. The van der Waals surface area contributed by atoms with Crippen molar-refractivity contribution in [1.29, 1.82) is 0 Å². The lowest BCUT2D eigenvalue weighted by atomic mass is 9.74. The fourth-order valence-corrected chi connectivity index (χ4v) is 4.43. The van der Waals surface area contributed by atoms with Gasteiger partial charge in [-0.05, 0) is 38.5 Å². The zero-order valence-corrected chi connectivity index (χ0v) is 17.1. The quantitative estimate of drug-likeness (QED) is 0.796. The van der Waals surface area contributed by atoms with Gasteiger partial charge in [0.25, 0.3) is 0 Å². The van der Waals surface area contributed by atoms with E-state index in [4.69, 9.17) is 10.5 Å². The van der Waals surface area contributed by atoms with Gasteiger partial charge in [0.2, 0.25) is 5.91 Å². The van der Waals surface area contributed by atoms with Gasteiger partial charge in [-0.1, -0.05) is 12.8 Å². The molecule has 2 aliphatic heterocycles. The molecule has 0 aromatic heterocycles. The smallest absolute Gasteiger partial charge is 0.227 e. The van der Waals surface area contributed by atoms with Gasteiger partial charge in [-0.25, -0.2) is 0 Å². The fourth-order valence-electron chi connectivity index (χ4n) is 4.43. The van der Waals surface area contributed by atoms with Gasteiger partial charge in [-0.3, -0.25) is 9.69 Å². The molecule has 0 bridgehead atoms. The van der Waals surface area contributed by atoms with Crippen molar-refractivity contribution < 1.29 is 9.53 Å². The summed E-state index contributed by atoms with van der Waals surface area (Å²) in [6, 6.07) is 0. The molecule has 1 aliphatic carbocycles. The molecule has 0 aromatic rings. The molecule has 3 fully saturated rings. The largest absolute Gasteiger partial charge is 0.381 e. The van der Waals surface area contributed by atoms with Gasteiger partial charge in [0.15, 0.2) is 0 Å². The second-order valence-electron chi connectivity index (χ2n) is 7.99. The highest BCUT2D eigenvalue weighted by Gasteiger charge is 2.40. The third kappa shape index (κ3) is 5.96. The van der Waals surface area contributed by atoms with Crippen LogP contribution >= 0.6 is 24.8 Å². The summed E-state index contributed by atoms with van der Waals surface area (Å²) in [5.41, 5.74) is 6.10. The van der Waals surface area contributed by atoms with E-state index in [-0.39, 0.29) is 36.3 Å². The van der Waals surface area contributed by atoms with Crippen LogP contribution in [0.4, 0.5) is 0 Å². The third-order valence-electron chi connectivity index (χ3n) is 6.09. The molecule has 2 atom stereocenters. The van der Waals surface area contributed by atoms with Gasteiger partial charge in [-0.2, -0.15) is 0 Å². The monoisotopic (exact) mass is 395 g/mol. The first-order valence-electron chi connectivity index (χ1n) is 9.44. The maximum atomic E-state index is 12.9. The molecule has 2 unspecified atom stereocenters. The van der Waals surface area contributed by atoms with Crippen LogP contribution in [0.1, 0.15) is 45.4 Å². The van der Waals surface area contributed by atoms with E-state index in [2.05, 4.69) is 16.7 Å². The molecule has 3 aliphatic rings. The Morgan fingerprint density at radius 1 is 1.08 bits per heavy atom. The second-order valence-corrected chi connectivity index (χ2v) is 7.99. The predicted molar refractivity (Wildman–Crippen MR) is 106 cm³/mol. The minimum atomic E-state index is -0.311. The molecule has 1 amide bonds. The standard InChI is InChI=1S/C18H33N3O2.2ClH/c1-18(19)7-3-2-4-16(18)17(22)21-10-8-20(9-11-21)14-15-5-12-23-13-6-15;;/h15-16H,2-14,19H2,1H3;2*1H. The average molecular weight is 396 g/mol. The number of hydrogen-bond donors (Lipinski definition) is 1. The molecule has 2 N–H and O–H groups in total.